The Morgan fingerprint density at radius 3 is 2.52 bits per heavy atom. The molecule has 5 nitrogen and oxygen atoms in total. The van der Waals surface area contributed by atoms with E-state index >= 15 is 0 Å². The van der Waals surface area contributed by atoms with Crippen molar-refractivity contribution in [3.8, 4) is 0 Å². The van der Waals surface area contributed by atoms with Gasteiger partial charge in [0.2, 0.25) is 11.8 Å². The lowest BCUT2D eigenvalue weighted by Crippen LogP contribution is -2.52. The predicted octanol–water partition coefficient (Wildman–Crippen LogP) is 2.23. The highest BCUT2D eigenvalue weighted by Crippen LogP contribution is 2.40. The van der Waals surface area contributed by atoms with E-state index in [0.29, 0.717) is 4.47 Å². The fourth-order valence-electron chi connectivity index (χ4n) is 2.87. The van der Waals surface area contributed by atoms with Gasteiger partial charge in [0.1, 0.15) is 6.04 Å². The van der Waals surface area contributed by atoms with Crippen molar-refractivity contribution in [3.63, 3.8) is 0 Å². The quantitative estimate of drug-likeness (QED) is 0.747. The van der Waals surface area contributed by atoms with E-state index < -0.39 is 41.1 Å². The second kappa shape index (κ2) is 5.33. The average Bonchev–Trinajstić information content (AvgIpc) is 2.77. The first-order valence-corrected chi connectivity index (χ1v) is 7.52. The Kier molecular flexibility index (Phi) is 3.70. The number of hydrogen-bond acceptors (Lipinski definition) is 3. The zero-order valence-electron chi connectivity index (χ0n) is 11.5. The number of carbonyl (C=O) groups excluding carboxylic acids is 3. The summed E-state index contributed by atoms with van der Waals surface area (Å²) in [7, 11) is 0. The number of nitrogens with one attached hydrogen (secondary N) is 1. The van der Waals surface area contributed by atoms with Crippen LogP contribution < -0.4 is 5.32 Å². The molecule has 1 atom stereocenters. The van der Waals surface area contributed by atoms with Crippen LogP contribution in [-0.4, -0.2) is 28.7 Å². The molecule has 2 heterocycles. The normalized spacial score (nSPS) is 21.5. The van der Waals surface area contributed by atoms with Gasteiger partial charge in [-0.1, -0.05) is 15.9 Å². The molecule has 3 rings (SSSR count). The zero-order chi connectivity index (χ0) is 16.9. The van der Waals surface area contributed by atoms with Crippen LogP contribution in [0.3, 0.4) is 0 Å². The molecule has 1 aromatic rings. The highest BCUT2D eigenvalue weighted by molar-refractivity contribution is 9.10. The molecular weight excluding hydrogens is 381 g/mol. The third-order valence-corrected chi connectivity index (χ3v) is 4.69. The van der Waals surface area contributed by atoms with E-state index in [9.17, 15) is 27.6 Å². The van der Waals surface area contributed by atoms with E-state index in [0.717, 1.165) is 11.0 Å². The third-order valence-electron chi connectivity index (χ3n) is 3.95. The molecule has 2 aliphatic heterocycles. The van der Waals surface area contributed by atoms with Gasteiger partial charge in [-0.15, -0.1) is 0 Å². The summed E-state index contributed by atoms with van der Waals surface area (Å²) < 4.78 is 39.8. The zero-order valence-corrected chi connectivity index (χ0v) is 13.1. The minimum absolute atomic E-state index is 0.0455. The summed E-state index contributed by atoms with van der Waals surface area (Å²) in [6, 6.07) is 1.14. The molecule has 0 spiro atoms. The number of benzene rings is 1. The maximum atomic E-state index is 13.1. The first kappa shape index (κ1) is 16.0. The molecule has 0 saturated carbocycles. The summed E-state index contributed by atoms with van der Waals surface area (Å²) in [6.07, 6.45) is -4.52. The molecule has 1 fully saturated rings. The predicted molar refractivity (Wildman–Crippen MR) is 75.2 cm³/mol. The molecule has 1 saturated heterocycles. The van der Waals surface area contributed by atoms with Crippen LogP contribution in [0.25, 0.3) is 0 Å². The fraction of sp³-hybridized carbons (Fsp3) is 0.357. The number of amides is 3. The summed E-state index contributed by atoms with van der Waals surface area (Å²) in [5.41, 5.74) is -1.25. The number of carbonyl (C=O) groups is 3. The molecular formula is C14H10BrF3N2O3. The van der Waals surface area contributed by atoms with Crippen molar-refractivity contribution in [2.75, 3.05) is 0 Å². The third kappa shape index (κ3) is 2.62. The summed E-state index contributed by atoms with van der Waals surface area (Å²) in [5, 5.41) is 2.11. The maximum Gasteiger partial charge on any atom is 0.417 e. The number of rotatable bonds is 1. The summed E-state index contributed by atoms with van der Waals surface area (Å²) in [5.74, 6) is -1.96. The number of halogens is 4. The van der Waals surface area contributed by atoms with Crippen LogP contribution in [0, 0.1) is 0 Å². The number of hydrogen-bond donors (Lipinski definition) is 1. The second-order valence-corrected chi connectivity index (χ2v) is 6.20. The van der Waals surface area contributed by atoms with Crippen molar-refractivity contribution in [1.29, 1.82) is 0 Å². The second-order valence-electron chi connectivity index (χ2n) is 5.35. The topological polar surface area (TPSA) is 66.5 Å². The lowest BCUT2D eigenvalue weighted by molar-refractivity contribution is -0.138. The SMILES string of the molecule is O=C1CCC(N2Cc3c(Br)ccc(C(F)(F)F)c3C2=O)C(=O)N1. The van der Waals surface area contributed by atoms with Crippen molar-refractivity contribution in [2.45, 2.75) is 31.6 Å². The molecule has 3 amide bonds. The maximum absolute atomic E-state index is 13.1. The highest BCUT2D eigenvalue weighted by Gasteiger charge is 2.45. The smallest absolute Gasteiger partial charge is 0.322 e. The van der Waals surface area contributed by atoms with Crippen LogP contribution in [0.2, 0.25) is 0 Å². The molecule has 1 N–H and O–H groups in total. The average molecular weight is 391 g/mol. The van der Waals surface area contributed by atoms with Crippen LogP contribution >= 0.6 is 15.9 Å². The van der Waals surface area contributed by atoms with Gasteiger partial charge in [-0.3, -0.25) is 19.7 Å². The van der Waals surface area contributed by atoms with Crippen molar-refractivity contribution in [2.24, 2.45) is 0 Å². The lowest BCUT2D eigenvalue weighted by Gasteiger charge is -2.29. The monoisotopic (exact) mass is 390 g/mol. The number of imide groups is 1. The largest absolute Gasteiger partial charge is 0.417 e. The molecule has 0 aliphatic carbocycles. The van der Waals surface area contributed by atoms with Crippen LogP contribution in [0.4, 0.5) is 13.2 Å². The molecule has 2 aliphatic rings. The molecule has 0 bridgehead atoms. The van der Waals surface area contributed by atoms with Crippen LogP contribution in [0.1, 0.15) is 34.3 Å². The molecule has 1 unspecified atom stereocenters. The highest BCUT2D eigenvalue weighted by atomic mass is 79.9. The number of alkyl halides is 3. The lowest BCUT2D eigenvalue weighted by atomic mass is 10.0. The number of nitrogens with zero attached hydrogens (tertiary/aromatic N) is 1. The fourth-order valence-corrected chi connectivity index (χ4v) is 3.33. The first-order chi connectivity index (χ1) is 10.7. The van der Waals surface area contributed by atoms with Crippen LogP contribution in [-0.2, 0) is 22.3 Å². The molecule has 0 radical (unpaired) electrons. The van der Waals surface area contributed by atoms with E-state index in [1.807, 2.05) is 0 Å². The Hall–Kier alpha value is -1.90. The van der Waals surface area contributed by atoms with E-state index in [-0.39, 0.29) is 24.9 Å². The van der Waals surface area contributed by atoms with Gasteiger partial charge in [-0.2, -0.15) is 13.2 Å². The van der Waals surface area contributed by atoms with Crippen LogP contribution in [0.5, 0.6) is 0 Å². The minimum Gasteiger partial charge on any atom is -0.322 e. The van der Waals surface area contributed by atoms with Gasteiger partial charge in [0, 0.05) is 17.4 Å². The molecule has 122 valence electrons. The van der Waals surface area contributed by atoms with Gasteiger partial charge in [0.05, 0.1) is 11.1 Å². The van der Waals surface area contributed by atoms with Crippen molar-refractivity contribution < 1.29 is 27.6 Å². The Morgan fingerprint density at radius 1 is 1.22 bits per heavy atom. The number of piperidine rings is 1. The van der Waals surface area contributed by atoms with Crippen molar-refractivity contribution >= 4 is 33.7 Å². The Labute approximate surface area is 136 Å². The Balaban J connectivity index is 2.01. The van der Waals surface area contributed by atoms with Gasteiger partial charge < -0.3 is 4.90 Å². The first-order valence-electron chi connectivity index (χ1n) is 6.73. The molecule has 9 heteroatoms. The van der Waals surface area contributed by atoms with Gasteiger partial charge in [-0.25, -0.2) is 0 Å². The molecule has 0 aromatic heterocycles. The van der Waals surface area contributed by atoms with Gasteiger partial charge in [-0.05, 0) is 24.1 Å². The van der Waals surface area contributed by atoms with Crippen molar-refractivity contribution in [1.82, 2.24) is 10.2 Å². The van der Waals surface area contributed by atoms with Gasteiger partial charge >= 0.3 is 6.18 Å². The standard InChI is InChI=1S/C14H10BrF3N2O3/c15-8-2-1-7(14(16,17)18)11-6(8)5-20(13(11)23)9-3-4-10(21)19-12(9)22/h1-2,9H,3-5H2,(H,19,21,22). The van der Waals surface area contributed by atoms with E-state index in [4.69, 9.17) is 0 Å². The van der Waals surface area contributed by atoms with Crippen LogP contribution in [0.15, 0.2) is 16.6 Å². The molecule has 23 heavy (non-hydrogen) atoms. The number of fused-ring (bicyclic) bond motifs is 1. The van der Waals surface area contributed by atoms with Crippen molar-refractivity contribution in [3.05, 3.63) is 33.3 Å². The Morgan fingerprint density at radius 2 is 1.91 bits per heavy atom. The summed E-state index contributed by atoms with van der Waals surface area (Å²) in [4.78, 5) is 36.6. The van der Waals surface area contributed by atoms with E-state index in [1.54, 1.807) is 0 Å². The minimum atomic E-state index is -4.67. The van der Waals surface area contributed by atoms with E-state index in [2.05, 4.69) is 21.2 Å². The Bertz CT molecular complexity index is 733. The summed E-state index contributed by atoms with van der Waals surface area (Å²) >= 11 is 3.15. The van der Waals surface area contributed by atoms with Gasteiger partial charge in [0.25, 0.3) is 5.91 Å². The van der Waals surface area contributed by atoms with E-state index in [1.165, 1.54) is 6.07 Å². The van der Waals surface area contributed by atoms with Gasteiger partial charge in [0.15, 0.2) is 0 Å². The summed E-state index contributed by atoms with van der Waals surface area (Å²) in [6.45, 7) is -0.106. The molecule has 1 aromatic carbocycles.